The molecular weight excluding hydrogens is 232 g/mol. The zero-order chi connectivity index (χ0) is 13.1. The monoisotopic (exact) mass is 252 g/mol. The molecule has 0 spiro atoms. The van der Waals surface area contributed by atoms with Gasteiger partial charge in [0.1, 0.15) is 5.60 Å². The zero-order valence-electron chi connectivity index (χ0n) is 10.4. The Balaban J connectivity index is 4.45. The van der Waals surface area contributed by atoms with Crippen LogP contribution in [-0.2, 0) is 14.8 Å². The number of carbonyl (C=O) groups is 1. The van der Waals surface area contributed by atoms with Gasteiger partial charge in [0.05, 0.1) is 5.75 Å². The van der Waals surface area contributed by atoms with Crippen molar-refractivity contribution >= 4 is 16.1 Å². The van der Waals surface area contributed by atoms with Crippen molar-refractivity contribution in [2.24, 2.45) is 5.14 Å². The molecule has 0 rings (SSSR count). The molecule has 0 heterocycles. The Morgan fingerprint density at radius 3 is 2.19 bits per heavy atom. The van der Waals surface area contributed by atoms with Crippen LogP contribution in [-0.4, -0.2) is 43.9 Å². The number of rotatable bonds is 3. The van der Waals surface area contributed by atoms with Gasteiger partial charge in [-0.15, -0.1) is 0 Å². The molecule has 0 fully saturated rings. The molecule has 0 aromatic carbocycles. The quantitative estimate of drug-likeness (QED) is 0.793. The summed E-state index contributed by atoms with van der Waals surface area (Å²) >= 11 is 0. The smallest absolute Gasteiger partial charge is 0.410 e. The van der Waals surface area contributed by atoms with E-state index in [1.165, 1.54) is 11.9 Å². The van der Waals surface area contributed by atoms with Gasteiger partial charge in [-0.05, 0) is 27.7 Å². The number of ether oxygens (including phenoxy) is 1. The Kier molecular flexibility index (Phi) is 4.75. The topological polar surface area (TPSA) is 89.7 Å². The zero-order valence-corrected chi connectivity index (χ0v) is 11.2. The number of nitrogens with zero attached hydrogens (tertiary/aromatic N) is 1. The number of primary sulfonamides is 1. The van der Waals surface area contributed by atoms with Crippen LogP contribution in [0.25, 0.3) is 0 Å². The first-order chi connectivity index (χ1) is 6.92. The summed E-state index contributed by atoms with van der Waals surface area (Å²) in [6.07, 6.45) is -0.566. The fourth-order valence-electron chi connectivity index (χ4n) is 0.962. The Morgan fingerprint density at radius 1 is 1.44 bits per heavy atom. The van der Waals surface area contributed by atoms with Crippen LogP contribution in [0.3, 0.4) is 0 Å². The fraction of sp³-hybridized carbons (Fsp3) is 0.889. The summed E-state index contributed by atoms with van der Waals surface area (Å²) < 4.78 is 26.8. The lowest BCUT2D eigenvalue weighted by Gasteiger charge is -2.28. The number of nitrogens with two attached hydrogens (primary N) is 1. The summed E-state index contributed by atoms with van der Waals surface area (Å²) in [6, 6.07) is -0.523. The van der Waals surface area contributed by atoms with Crippen molar-refractivity contribution in [1.82, 2.24) is 4.90 Å². The third-order valence-electron chi connectivity index (χ3n) is 1.82. The van der Waals surface area contributed by atoms with Gasteiger partial charge in [-0.1, -0.05) is 0 Å². The average Bonchev–Trinajstić information content (AvgIpc) is 1.96. The highest BCUT2D eigenvalue weighted by atomic mass is 32.2. The molecule has 0 radical (unpaired) electrons. The molecule has 0 aromatic rings. The van der Waals surface area contributed by atoms with Gasteiger partial charge < -0.3 is 9.64 Å². The number of hydrogen-bond donors (Lipinski definition) is 1. The van der Waals surface area contributed by atoms with Crippen LogP contribution in [0, 0.1) is 0 Å². The molecule has 7 heteroatoms. The van der Waals surface area contributed by atoms with Gasteiger partial charge in [0.25, 0.3) is 0 Å². The minimum absolute atomic E-state index is 0.289. The van der Waals surface area contributed by atoms with E-state index in [1.807, 2.05) is 0 Å². The van der Waals surface area contributed by atoms with Crippen molar-refractivity contribution in [2.75, 3.05) is 12.8 Å². The van der Waals surface area contributed by atoms with Gasteiger partial charge in [-0.3, -0.25) is 0 Å². The predicted octanol–water partition coefficient (Wildman–Crippen LogP) is 0.530. The van der Waals surface area contributed by atoms with Gasteiger partial charge in [0.15, 0.2) is 0 Å². The average molecular weight is 252 g/mol. The normalized spacial score (nSPS) is 14.4. The van der Waals surface area contributed by atoms with E-state index in [-0.39, 0.29) is 5.75 Å². The van der Waals surface area contributed by atoms with Crippen LogP contribution in [0.1, 0.15) is 27.7 Å². The molecule has 16 heavy (non-hydrogen) atoms. The molecule has 1 unspecified atom stereocenters. The van der Waals surface area contributed by atoms with Gasteiger partial charge in [0.2, 0.25) is 10.0 Å². The maximum atomic E-state index is 11.6. The molecule has 1 amide bonds. The lowest BCUT2D eigenvalue weighted by Crippen LogP contribution is -2.43. The maximum absolute atomic E-state index is 11.6. The fourth-order valence-corrected chi connectivity index (χ4v) is 1.86. The van der Waals surface area contributed by atoms with Gasteiger partial charge in [-0.25, -0.2) is 18.4 Å². The molecule has 0 aliphatic rings. The molecule has 6 nitrogen and oxygen atoms in total. The van der Waals surface area contributed by atoms with Crippen LogP contribution in [0.2, 0.25) is 0 Å². The molecule has 0 aliphatic carbocycles. The molecule has 1 atom stereocenters. The van der Waals surface area contributed by atoms with Gasteiger partial charge >= 0.3 is 6.09 Å². The number of amides is 1. The minimum Gasteiger partial charge on any atom is -0.444 e. The van der Waals surface area contributed by atoms with E-state index in [9.17, 15) is 13.2 Å². The Labute approximate surface area is 96.8 Å². The summed E-state index contributed by atoms with van der Waals surface area (Å²) in [4.78, 5) is 12.8. The summed E-state index contributed by atoms with van der Waals surface area (Å²) in [5.74, 6) is -0.289. The first-order valence-electron chi connectivity index (χ1n) is 4.88. The van der Waals surface area contributed by atoms with E-state index in [1.54, 1.807) is 27.7 Å². The molecule has 96 valence electrons. The maximum Gasteiger partial charge on any atom is 0.410 e. The second kappa shape index (κ2) is 5.01. The van der Waals surface area contributed by atoms with Crippen LogP contribution in [0.5, 0.6) is 0 Å². The second-order valence-corrected chi connectivity index (χ2v) is 6.43. The summed E-state index contributed by atoms with van der Waals surface area (Å²) in [5.41, 5.74) is -0.605. The second-order valence-electron chi connectivity index (χ2n) is 4.77. The largest absolute Gasteiger partial charge is 0.444 e. The van der Waals surface area contributed by atoms with E-state index >= 15 is 0 Å². The van der Waals surface area contributed by atoms with Crippen molar-refractivity contribution in [3.8, 4) is 0 Å². The van der Waals surface area contributed by atoms with E-state index in [4.69, 9.17) is 9.88 Å². The Hall–Kier alpha value is -0.820. The molecule has 0 aliphatic heterocycles. The van der Waals surface area contributed by atoms with Gasteiger partial charge in [-0.2, -0.15) is 0 Å². The van der Waals surface area contributed by atoms with E-state index < -0.39 is 27.8 Å². The van der Waals surface area contributed by atoms with Gasteiger partial charge in [0, 0.05) is 13.1 Å². The molecule has 2 N–H and O–H groups in total. The summed E-state index contributed by atoms with van der Waals surface area (Å²) in [5, 5.41) is 4.90. The van der Waals surface area contributed by atoms with Crippen LogP contribution >= 0.6 is 0 Å². The van der Waals surface area contributed by atoms with Crippen molar-refractivity contribution in [3.63, 3.8) is 0 Å². The first kappa shape index (κ1) is 15.2. The van der Waals surface area contributed by atoms with Crippen molar-refractivity contribution in [1.29, 1.82) is 0 Å². The number of sulfonamides is 1. The third-order valence-corrected chi connectivity index (χ3v) is 2.76. The molecule has 0 aromatic heterocycles. The van der Waals surface area contributed by atoms with Crippen LogP contribution in [0.15, 0.2) is 0 Å². The lowest BCUT2D eigenvalue weighted by atomic mass is 10.2. The lowest BCUT2D eigenvalue weighted by molar-refractivity contribution is 0.0251. The standard InChI is InChI=1S/C9H20N2O4S/c1-7(6-16(10,13)14)11(5)8(12)15-9(2,3)4/h7H,6H2,1-5H3,(H2,10,13,14). The highest BCUT2D eigenvalue weighted by Gasteiger charge is 2.24. The summed E-state index contributed by atoms with van der Waals surface area (Å²) in [7, 11) is -2.12. The first-order valence-corrected chi connectivity index (χ1v) is 6.60. The van der Waals surface area contributed by atoms with E-state index in [0.29, 0.717) is 0 Å². The molecule has 0 saturated carbocycles. The highest BCUT2D eigenvalue weighted by molar-refractivity contribution is 7.89. The third kappa shape index (κ3) is 6.62. The SMILES string of the molecule is CC(CS(N)(=O)=O)N(C)C(=O)OC(C)(C)C. The van der Waals surface area contributed by atoms with Crippen LogP contribution < -0.4 is 5.14 Å². The summed E-state index contributed by atoms with van der Waals surface area (Å²) in [6.45, 7) is 6.81. The molecular formula is C9H20N2O4S. The molecule has 0 saturated heterocycles. The Bertz CT molecular complexity index is 345. The predicted molar refractivity (Wildman–Crippen MR) is 61.4 cm³/mol. The minimum atomic E-state index is -3.60. The molecule has 0 bridgehead atoms. The van der Waals surface area contributed by atoms with Crippen molar-refractivity contribution in [2.45, 2.75) is 39.3 Å². The number of hydrogen-bond acceptors (Lipinski definition) is 4. The van der Waals surface area contributed by atoms with E-state index in [2.05, 4.69) is 0 Å². The van der Waals surface area contributed by atoms with Crippen molar-refractivity contribution < 1.29 is 17.9 Å². The van der Waals surface area contributed by atoms with Crippen LogP contribution in [0.4, 0.5) is 4.79 Å². The van der Waals surface area contributed by atoms with Crippen molar-refractivity contribution in [3.05, 3.63) is 0 Å². The Morgan fingerprint density at radius 2 is 1.88 bits per heavy atom. The van der Waals surface area contributed by atoms with E-state index in [0.717, 1.165) is 0 Å². The number of carbonyl (C=O) groups excluding carboxylic acids is 1. The highest BCUT2D eigenvalue weighted by Crippen LogP contribution is 2.10.